The largest absolute Gasteiger partial charge is 0.497 e. The molecule has 3 heteroatoms. The summed E-state index contributed by atoms with van der Waals surface area (Å²) in [7, 11) is 1.70. The molecule has 1 aromatic rings. The Morgan fingerprint density at radius 3 is 2.89 bits per heavy atom. The van der Waals surface area contributed by atoms with Crippen molar-refractivity contribution in [2.24, 2.45) is 5.92 Å². The topological polar surface area (TPSA) is 41.5 Å². The number of hydrogen-bond donors (Lipinski definition) is 2. The highest BCUT2D eigenvalue weighted by molar-refractivity contribution is 5.40. The summed E-state index contributed by atoms with van der Waals surface area (Å²) in [6, 6.07) is 6.63. The van der Waals surface area contributed by atoms with Crippen LogP contribution in [-0.4, -0.2) is 24.9 Å². The summed E-state index contributed by atoms with van der Waals surface area (Å²) in [6.45, 7) is 4.73. The van der Waals surface area contributed by atoms with Crippen molar-refractivity contribution in [3.05, 3.63) is 29.3 Å². The average molecular weight is 249 g/mol. The van der Waals surface area contributed by atoms with E-state index < -0.39 is 0 Å². The van der Waals surface area contributed by atoms with E-state index in [0.717, 1.165) is 18.6 Å². The van der Waals surface area contributed by atoms with Crippen LogP contribution in [-0.2, 0) is 6.42 Å². The molecule has 2 N–H and O–H groups in total. The second-order valence-corrected chi connectivity index (χ2v) is 5.38. The highest BCUT2D eigenvalue weighted by atomic mass is 16.5. The lowest BCUT2D eigenvalue weighted by Crippen LogP contribution is -2.32. The smallest absolute Gasteiger partial charge is 0.119 e. The highest BCUT2D eigenvalue weighted by Gasteiger charge is 2.23. The fraction of sp³-hybridized carbons (Fsp3) is 0.600. The molecule has 2 atom stereocenters. The molecule has 0 fully saturated rings. The van der Waals surface area contributed by atoms with E-state index in [1.165, 1.54) is 11.1 Å². The molecule has 0 amide bonds. The van der Waals surface area contributed by atoms with Crippen molar-refractivity contribution in [3.8, 4) is 5.75 Å². The van der Waals surface area contributed by atoms with E-state index in [4.69, 9.17) is 4.74 Å². The summed E-state index contributed by atoms with van der Waals surface area (Å²) in [5, 5.41) is 13.3. The number of fused-ring (bicyclic) bond motifs is 1. The number of aryl methyl sites for hydroxylation is 1. The van der Waals surface area contributed by atoms with Crippen molar-refractivity contribution in [2.45, 2.75) is 38.8 Å². The molecule has 2 rings (SSSR count). The number of aliphatic hydroxyl groups is 1. The molecule has 0 bridgehead atoms. The summed E-state index contributed by atoms with van der Waals surface area (Å²) in [4.78, 5) is 0. The summed E-state index contributed by atoms with van der Waals surface area (Å²) in [5.74, 6) is 1.20. The third-order valence-electron chi connectivity index (χ3n) is 3.77. The van der Waals surface area contributed by atoms with Crippen LogP contribution in [0.4, 0.5) is 0 Å². The van der Waals surface area contributed by atoms with E-state index in [9.17, 15) is 5.11 Å². The maximum Gasteiger partial charge on any atom is 0.119 e. The summed E-state index contributed by atoms with van der Waals surface area (Å²) in [5.41, 5.74) is 2.72. The van der Waals surface area contributed by atoms with Gasteiger partial charge in [0.25, 0.3) is 0 Å². The molecule has 0 spiro atoms. The van der Waals surface area contributed by atoms with Gasteiger partial charge in [-0.05, 0) is 42.0 Å². The Bertz CT molecular complexity index is 403. The Balaban J connectivity index is 2.02. The number of nitrogens with one attached hydrogen (secondary N) is 1. The first-order chi connectivity index (χ1) is 8.61. The number of hydrogen-bond acceptors (Lipinski definition) is 3. The van der Waals surface area contributed by atoms with Crippen LogP contribution >= 0.6 is 0 Å². The van der Waals surface area contributed by atoms with E-state index in [1.54, 1.807) is 7.11 Å². The minimum Gasteiger partial charge on any atom is -0.497 e. The van der Waals surface area contributed by atoms with Crippen molar-refractivity contribution in [2.75, 3.05) is 13.7 Å². The molecule has 1 aromatic carbocycles. The van der Waals surface area contributed by atoms with Crippen LogP contribution in [0.2, 0.25) is 0 Å². The molecule has 100 valence electrons. The average Bonchev–Trinajstić information content (AvgIpc) is 2.77. The van der Waals surface area contributed by atoms with E-state index in [2.05, 4.69) is 17.4 Å². The molecule has 18 heavy (non-hydrogen) atoms. The van der Waals surface area contributed by atoms with E-state index >= 15 is 0 Å². The van der Waals surface area contributed by atoms with Gasteiger partial charge in [-0.15, -0.1) is 0 Å². The molecular formula is C15H23NO2. The zero-order chi connectivity index (χ0) is 13.1. The van der Waals surface area contributed by atoms with Crippen LogP contribution in [0.25, 0.3) is 0 Å². The molecule has 0 heterocycles. The quantitative estimate of drug-likeness (QED) is 0.841. The van der Waals surface area contributed by atoms with Crippen molar-refractivity contribution in [1.82, 2.24) is 5.32 Å². The summed E-state index contributed by atoms with van der Waals surface area (Å²) >= 11 is 0. The first kappa shape index (κ1) is 13.4. The van der Waals surface area contributed by atoms with Crippen LogP contribution < -0.4 is 10.1 Å². The second kappa shape index (κ2) is 5.72. The lowest BCUT2D eigenvalue weighted by molar-refractivity contribution is 0.120. The Morgan fingerprint density at radius 2 is 2.22 bits per heavy atom. The monoisotopic (exact) mass is 249 g/mol. The van der Waals surface area contributed by atoms with Crippen LogP contribution in [0.3, 0.4) is 0 Å². The molecule has 0 aliphatic heterocycles. The van der Waals surface area contributed by atoms with Gasteiger partial charge in [0.15, 0.2) is 0 Å². The van der Waals surface area contributed by atoms with Gasteiger partial charge in [0.2, 0.25) is 0 Å². The number of benzene rings is 1. The van der Waals surface area contributed by atoms with E-state index in [0.29, 0.717) is 18.5 Å². The second-order valence-electron chi connectivity index (χ2n) is 5.38. The molecule has 0 aromatic heterocycles. The van der Waals surface area contributed by atoms with Gasteiger partial charge in [-0.1, -0.05) is 19.9 Å². The van der Waals surface area contributed by atoms with Gasteiger partial charge in [-0.3, -0.25) is 0 Å². The van der Waals surface area contributed by atoms with Crippen LogP contribution in [0.15, 0.2) is 18.2 Å². The predicted molar refractivity (Wildman–Crippen MR) is 72.9 cm³/mol. The molecule has 1 aliphatic carbocycles. The Kier molecular flexibility index (Phi) is 4.25. The lowest BCUT2D eigenvalue weighted by Gasteiger charge is -2.20. The number of ether oxygens (including phenoxy) is 1. The Hall–Kier alpha value is -1.06. The molecule has 1 aliphatic rings. The van der Waals surface area contributed by atoms with Gasteiger partial charge < -0.3 is 15.2 Å². The zero-order valence-electron chi connectivity index (χ0n) is 11.4. The number of aliphatic hydroxyl groups excluding tert-OH is 1. The fourth-order valence-electron chi connectivity index (χ4n) is 2.42. The van der Waals surface area contributed by atoms with Gasteiger partial charge in [0.1, 0.15) is 5.75 Å². The highest BCUT2D eigenvalue weighted by Crippen LogP contribution is 2.33. The maximum absolute atomic E-state index is 9.85. The van der Waals surface area contributed by atoms with Crippen molar-refractivity contribution in [3.63, 3.8) is 0 Å². The summed E-state index contributed by atoms with van der Waals surface area (Å²) < 4.78 is 5.27. The first-order valence-corrected chi connectivity index (χ1v) is 6.70. The standard InChI is InChI=1S/C15H23NO2/c1-10(2)15(17)9-16-14-7-5-11-4-6-12(18-3)8-13(11)14/h4,6,8,10,14-17H,5,7,9H2,1-3H3. The van der Waals surface area contributed by atoms with Gasteiger partial charge in [-0.2, -0.15) is 0 Å². The van der Waals surface area contributed by atoms with Crippen LogP contribution in [0.5, 0.6) is 5.75 Å². The van der Waals surface area contributed by atoms with Gasteiger partial charge in [0, 0.05) is 12.6 Å². The predicted octanol–water partition coefficient (Wildman–Crippen LogP) is 2.29. The minimum atomic E-state index is -0.278. The molecule has 3 nitrogen and oxygen atoms in total. The molecule has 0 saturated heterocycles. The normalized spacial score (nSPS) is 19.9. The van der Waals surface area contributed by atoms with E-state index in [-0.39, 0.29) is 6.10 Å². The van der Waals surface area contributed by atoms with Crippen molar-refractivity contribution < 1.29 is 9.84 Å². The molecule has 0 radical (unpaired) electrons. The van der Waals surface area contributed by atoms with Crippen molar-refractivity contribution in [1.29, 1.82) is 0 Å². The summed E-state index contributed by atoms with van der Waals surface area (Å²) in [6.07, 6.45) is 1.93. The van der Waals surface area contributed by atoms with Crippen LogP contribution in [0, 0.1) is 5.92 Å². The van der Waals surface area contributed by atoms with Crippen molar-refractivity contribution >= 4 is 0 Å². The SMILES string of the molecule is COc1ccc2c(c1)C(NCC(O)C(C)C)CC2. The lowest BCUT2D eigenvalue weighted by atomic mass is 10.1. The number of rotatable bonds is 5. The molecule has 2 unspecified atom stereocenters. The van der Waals surface area contributed by atoms with Gasteiger partial charge in [-0.25, -0.2) is 0 Å². The third-order valence-corrected chi connectivity index (χ3v) is 3.77. The van der Waals surface area contributed by atoms with Crippen LogP contribution in [0.1, 0.15) is 37.4 Å². The Labute approximate surface area is 109 Å². The zero-order valence-corrected chi connectivity index (χ0v) is 11.4. The molecular weight excluding hydrogens is 226 g/mol. The minimum absolute atomic E-state index is 0.278. The van der Waals surface area contributed by atoms with Gasteiger partial charge in [0.05, 0.1) is 13.2 Å². The fourth-order valence-corrected chi connectivity index (χ4v) is 2.42. The third kappa shape index (κ3) is 2.85. The molecule has 0 saturated carbocycles. The van der Waals surface area contributed by atoms with Gasteiger partial charge >= 0.3 is 0 Å². The van der Waals surface area contributed by atoms with E-state index in [1.807, 2.05) is 19.9 Å². The Morgan fingerprint density at radius 1 is 1.44 bits per heavy atom. The first-order valence-electron chi connectivity index (χ1n) is 6.70. The maximum atomic E-state index is 9.85. The number of methoxy groups -OCH3 is 1.